The summed E-state index contributed by atoms with van der Waals surface area (Å²) in [6, 6.07) is 11.6. The molecule has 0 fully saturated rings. The number of nitrogens with zero attached hydrogens (tertiary/aromatic N) is 2. The standard InChI is InChI=1S/C16H22N4O/c1-3-10-17-15-18-11-9-14(19-15)20-16(2,12-21)13-7-5-4-6-8-13/h4-9,11,21H,3,10,12H2,1-2H3,(H2,17,18,19,20). The molecule has 1 heterocycles. The van der Waals surface area contributed by atoms with Gasteiger partial charge in [0.25, 0.3) is 0 Å². The number of aliphatic hydroxyl groups is 1. The third-order valence-corrected chi connectivity index (χ3v) is 3.32. The minimum atomic E-state index is -0.586. The topological polar surface area (TPSA) is 70.1 Å². The summed E-state index contributed by atoms with van der Waals surface area (Å²) in [6.07, 6.45) is 2.72. The predicted molar refractivity (Wildman–Crippen MR) is 85.3 cm³/mol. The molecule has 0 bridgehead atoms. The van der Waals surface area contributed by atoms with E-state index in [1.54, 1.807) is 12.3 Å². The average Bonchev–Trinajstić information content (AvgIpc) is 2.54. The molecule has 2 aromatic rings. The highest BCUT2D eigenvalue weighted by Crippen LogP contribution is 2.24. The number of anilines is 2. The summed E-state index contributed by atoms with van der Waals surface area (Å²) >= 11 is 0. The van der Waals surface area contributed by atoms with E-state index < -0.39 is 5.54 Å². The molecule has 1 atom stereocenters. The normalized spacial score (nSPS) is 13.5. The van der Waals surface area contributed by atoms with Crippen molar-refractivity contribution in [3.8, 4) is 0 Å². The Morgan fingerprint density at radius 3 is 2.62 bits per heavy atom. The van der Waals surface area contributed by atoms with Crippen LogP contribution >= 0.6 is 0 Å². The lowest BCUT2D eigenvalue weighted by Gasteiger charge is -2.30. The number of hydrogen-bond acceptors (Lipinski definition) is 5. The molecule has 1 aromatic heterocycles. The Kier molecular flexibility index (Phi) is 5.11. The van der Waals surface area contributed by atoms with Gasteiger partial charge in [0.05, 0.1) is 12.1 Å². The lowest BCUT2D eigenvalue weighted by Crippen LogP contribution is -2.36. The van der Waals surface area contributed by atoms with Gasteiger partial charge in [-0.1, -0.05) is 37.3 Å². The summed E-state index contributed by atoms with van der Waals surface area (Å²) < 4.78 is 0. The number of aliphatic hydroxyl groups excluding tert-OH is 1. The Hall–Kier alpha value is -2.14. The summed E-state index contributed by atoms with van der Waals surface area (Å²) in [6.45, 7) is 4.84. The largest absolute Gasteiger partial charge is 0.394 e. The summed E-state index contributed by atoms with van der Waals surface area (Å²) in [5, 5.41) is 16.2. The summed E-state index contributed by atoms with van der Waals surface area (Å²) in [4.78, 5) is 8.61. The Morgan fingerprint density at radius 1 is 1.19 bits per heavy atom. The Bertz CT molecular complexity index is 561. The molecule has 0 radical (unpaired) electrons. The zero-order chi connectivity index (χ0) is 15.1. The molecule has 2 rings (SSSR count). The van der Waals surface area contributed by atoms with Crippen LogP contribution in [-0.4, -0.2) is 28.2 Å². The highest BCUT2D eigenvalue weighted by molar-refractivity contribution is 5.44. The first-order valence-corrected chi connectivity index (χ1v) is 7.19. The van der Waals surface area contributed by atoms with Crippen LogP contribution in [0.4, 0.5) is 11.8 Å². The van der Waals surface area contributed by atoms with E-state index in [0.29, 0.717) is 11.8 Å². The Balaban J connectivity index is 2.18. The molecule has 5 nitrogen and oxygen atoms in total. The highest BCUT2D eigenvalue weighted by atomic mass is 16.3. The average molecular weight is 286 g/mol. The number of benzene rings is 1. The maximum Gasteiger partial charge on any atom is 0.224 e. The first-order valence-electron chi connectivity index (χ1n) is 7.19. The van der Waals surface area contributed by atoms with E-state index in [-0.39, 0.29) is 6.61 Å². The van der Waals surface area contributed by atoms with E-state index in [4.69, 9.17) is 0 Å². The molecule has 0 spiro atoms. The zero-order valence-electron chi connectivity index (χ0n) is 12.5. The van der Waals surface area contributed by atoms with Crippen LogP contribution in [-0.2, 0) is 5.54 Å². The second-order valence-electron chi connectivity index (χ2n) is 5.17. The molecule has 112 valence electrons. The van der Waals surface area contributed by atoms with Crippen molar-refractivity contribution in [1.29, 1.82) is 0 Å². The third kappa shape index (κ3) is 3.92. The minimum absolute atomic E-state index is 0.0290. The SMILES string of the molecule is CCCNc1nccc(NC(C)(CO)c2ccccc2)n1. The van der Waals surface area contributed by atoms with E-state index in [2.05, 4.69) is 27.5 Å². The van der Waals surface area contributed by atoms with Crippen LogP contribution in [0.1, 0.15) is 25.8 Å². The smallest absolute Gasteiger partial charge is 0.224 e. The van der Waals surface area contributed by atoms with Crippen molar-refractivity contribution in [2.75, 3.05) is 23.8 Å². The molecule has 3 N–H and O–H groups in total. The van der Waals surface area contributed by atoms with E-state index in [1.165, 1.54) is 0 Å². The van der Waals surface area contributed by atoms with Crippen LogP contribution in [0.3, 0.4) is 0 Å². The van der Waals surface area contributed by atoms with Crippen LogP contribution in [0.2, 0.25) is 0 Å². The van der Waals surface area contributed by atoms with E-state index in [1.807, 2.05) is 37.3 Å². The van der Waals surface area contributed by atoms with Crippen molar-refractivity contribution >= 4 is 11.8 Å². The number of hydrogen-bond donors (Lipinski definition) is 3. The van der Waals surface area contributed by atoms with E-state index >= 15 is 0 Å². The van der Waals surface area contributed by atoms with Crippen molar-refractivity contribution in [3.63, 3.8) is 0 Å². The maximum atomic E-state index is 9.79. The van der Waals surface area contributed by atoms with Crippen molar-refractivity contribution < 1.29 is 5.11 Å². The first-order chi connectivity index (χ1) is 10.2. The second kappa shape index (κ2) is 7.04. The van der Waals surface area contributed by atoms with Crippen molar-refractivity contribution in [3.05, 3.63) is 48.2 Å². The van der Waals surface area contributed by atoms with E-state index in [9.17, 15) is 5.11 Å². The molecule has 0 aliphatic carbocycles. The fourth-order valence-electron chi connectivity index (χ4n) is 2.04. The van der Waals surface area contributed by atoms with Gasteiger partial charge in [-0.15, -0.1) is 0 Å². The number of aromatic nitrogens is 2. The Morgan fingerprint density at radius 2 is 1.95 bits per heavy atom. The molecule has 0 saturated carbocycles. The highest BCUT2D eigenvalue weighted by Gasteiger charge is 2.25. The van der Waals surface area contributed by atoms with Gasteiger partial charge in [0.15, 0.2) is 0 Å². The molecular weight excluding hydrogens is 264 g/mol. The van der Waals surface area contributed by atoms with Crippen molar-refractivity contribution in [2.45, 2.75) is 25.8 Å². The molecular formula is C16H22N4O. The van der Waals surface area contributed by atoms with Gasteiger partial charge in [-0.3, -0.25) is 0 Å². The quantitative estimate of drug-likeness (QED) is 0.730. The first kappa shape index (κ1) is 15.3. The minimum Gasteiger partial charge on any atom is -0.394 e. The number of nitrogens with one attached hydrogen (secondary N) is 2. The van der Waals surface area contributed by atoms with Gasteiger partial charge in [0.1, 0.15) is 5.82 Å². The molecule has 21 heavy (non-hydrogen) atoms. The lowest BCUT2D eigenvalue weighted by molar-refractivity contribution is 0.223. The van der Waals surface area contributed by atoms with Gasteiger partial charge in [-0.05, 0) is 25.0 Å². The van der Waals surface area contributed by atoms with Gasteiger partial charge in [-0.25, -0.2) is 4.98 Å². The Labute approximate surface area is 125 Å². The molecule has 0 aliphatic rings. The van der Waals surface area contributed by atoms with Gasteiger partial charge >= 0.3 is 0 Å². The van der Waals surface area contributed by atoms with Crippen LogP contribution in [0.15, 0.2) is 42.6 Å². The molecule has 0 amide bonds. The maximum absolute atomic E-state index is 9.79. The van der Waals surface area contributed by atoms with Crippen LogP contribution in [0, 0.1) is 0 Å². The lowest BCUT2D eigenvalue weighted by atomic mass is 9.93. The predicted octanol–water partition coefficient (Wildman–Crippen LogP) is 2.62. The molecule has 1 unspecified atom stereocenters. The summed E-state index contributed by atoms with van der Waals surface area (Å²) in [5.74, 6) is 1.28. The van der Waals surface area contributed by atoms with Gasteiger partial charge < -0.3 is 15.7 Å². The zero-order valence-corrected chi connectivity index (χ0v) is 12.5. The summed E-state index contributed by atoms with van der Waals surface area (Å²) in [7, 11) is 0. The van der Waals surface area contributed by atoms with Crippen molar-refractivity contribution in [2.24, 2.45) is 0 Å². The molecule has 5 heteroatoms. The fraction of sp³-hybridized carbons (Fsp3) is 0.375. The van der Waals surface area contributed by atoms with Crippen molar-refractivity contribution in [1.82, 2.24) is 9.97 Å². The second-order valence-corrected chi connectivity index (χ2v) is 5.17. The van der Waals surface area contributed by atoms with Crippen LogP contribution in [0.5, 0.6) is 0 Å². The molecule has 1 aromatic carbocycles. The third-order valence-electron chi connectivity index (χ3n) is 3.32. The molecule has 0 saturated heterocycles. The monoisotopic (exact) mass is 286 g/mol. The van der Waals surface area contributed by atoms with Gasteiger partial charge in [0.2, 0.25) is 5.95 Å². The van der Waals surface area contributed by atoms with Gasteiger partial charge in [-0.2, -0.15) is 4.98 Å². The van der Waals surface area contributed by atoms with Gasteiger partial charge in [0, 0.05) is 12.7 Å². The summed E-state index contributed by atoms with van der Waals surface area (Å²) in [5.41, 5.74) is 0.423. The number of rotatable bonds is 7. The van der Waals surface area contributed by atoms with Crippen LogP contribution in [0.25, 0.3) is 0 Å². The molecule has 0 aliphatic heterocycles. The van der Waals surface area contributed by atoms with E-state index in [0.717, 1.165) is 18.5 Å². The fourth-order valence-corrected chi connectivity index (χ4v) is 2.04. The van der Waals surface area contributed by atoms with Crippen LogP contribution < -0.4 is 10.6 Å².